The number of thiophene rings is 1. The Morgan fingerprint density at radius 1 is 1.15 bits per heavy atom. The lowest BCUT2D eigenvalue weighted by Crippen LogP contribution is -2.24. The molecule has 140 valence electrons. The molecule has 7 heteroatoms. The number of para-hydroxylation sites is 1. The van der Waals surface area contributed by atoms with E-state index in [4.69, 9.17) is 4.74 Å². The highest BCUT2D eigenvalue weighted by molar-refractivity contribution is 7.15. The Bertz CT molecular complexity index is 1160. The summed E-state index contributed by atoms with van der Waals surface area (Å²) in [7, 11) is 0. The van der Waals surface area contributed by atoms with Crippen LogP contribution in [0.2, 0.25) is 0 Å². The van der Waals surface area contributed by atoms with Crippen LogP contribution in [-0.2, 0) is 11.3 Å². The number of fused-ring (bicyclic) bond motifs is 3. The van der Waals surface area contributed by atoms with E-state index in [-0.39, 0.29) is 11.7 Å². The SMILES string of the molecule is Cc1ccc(-c2nnc3n(CCCOC(C)C)c(=O)c4ccccc4n23)s1. The zero-order valence-corrected chi connectivity index (χ0v) is 16.5. The van der Waals surface area contributed by atoms with Crippen LogP contribution in [0.4, 0.5) is 0 Å². The zero-order chi connectivity index (χ0) is 19.0. The van der Waals surface area contributed by atoms with Gasteiger partial charge < -0.3 is 4.74 Å². The van der Waals surface area contributed by atoms with Crippen LogP contribution < -0.4 is 5.56 Å². The fourth-order valence-corrected chi connectivity index (χ4v) is 4.06. The highest BCUT2D eigenvalue weighted by Crippen LogP contribution is 2.28. The average molecular weight is 382 g/mol. The highest BCUT2D eigenvalue weighted by Gasteiger charge is 2.18. The van der Waals surface area contributed by atoms with Gasteiger partial charge in [0.25, 0.3) is 5.56 Å². The number of aryl methyl sites for hydroxylation is 2. The summed E-state index contributed by atoms with van der Waals surface area (Å²) in [6.07, 6.45) is 0.923. The van der Waals surface area contributed by atoms with Gasteiger partial charge in [0.2, 0.25) is 5.78 Å². The molecular weight excluding hydrogens is 360 g/mol. The summed E-state index contributed by atoms with van der Waals surface area (Å²) >= 11 is 1.67. The summed E-state index contributed by atoms with van der Waals surface area (Å²) in [4.78, 5) is 15.3. The summed E-state index contributed by atoms with van der Waals surface area (Å²) < 4.78 is 9.33. The number of rotatable bonds is 6. The van der Waals surface area contributed by atoms with Crippen LogP contribution in [-0.4, -0.2) is 31.9 Å². The van der Waals surface area contributed by atoms with Crippen molar-refractivity contribution in [1.29, 1.82) is 0 Å². The largest absolute Gasteiger partial charge is 0.379 e. The van der Waals surface area contributed by atoms with E-state index in [2.05, 4.69) is 29.3 Å². The van der Waals surface area contributed by atoms with Gasteiger partial charge in [-0.05, 0) is 51.5 Å². The molecule has 0 saturated carbocycles. The van der Waals surface area contributed by atoms with Crippen molar-refractivity contribution in [3.05, 3.63) is 51.6 Å². The lowest BCUT2D eigenvalue weighted by atomic mass is 10.2. The Morgan fingerprint density at radius 2 is 1.96 bits per heavy atom. The Morgan fingerprint density at radius 3 is 2.70 bits per heavy atom. The van der Waals surface area contributed by atoms with E-state index in [1.54, 1.807) is 15.9 Å². The molecule has 0 radical (unpaired) electrons. The Hall–Kier alpha value is -2.51. The van der Waals surface area contributed by atoms with Crippen molar-refractivity contribution in [2.75, 3.05) is 6.61 Å². The molecule has 0 fully saturated rings. The van der Waals surface area contributed by atoms with Gasteiger partial charge in [-0.15, -0.1) is 21.5 Å². The number of hydrogen-bond acceptors (Lipinski definition) is 5. The second kappa shape index (κ2) is 7.25. The van der Waals surface area contributed by atoms with Crippen LogP contribution in [0.5, 0.6) is 0 Å². The average Bonchev–Trinajstić information content (AvgIpc) is 3.27. The molecule has 0 spiro atoms. The molecule has 0 aliphatic heterocycles. The molecule has 27 heavy (non-hydrogen) atoms. The molecule has 0 saturated heterocycles. The molecule has 3 heterocycles. The Kier molecular flexibility index (Phi) is 4.80. The molecule has 3 aromatic heterocycles. The molecule has 0 bridgehead atoms. The molecule has 6 nitrogen and oxygen atoms in total. The maximum atomic E-state index is 13.1. The lowest BCUT2D eigenvalue weighted by Gasteiger charge is -2.12. The topological polar surface area (TPSA) is 61.4 Å². The van der Waals surface area contributed by atoms with E-state index in [1.165, 1.54) is 4.88 Å². The van der Waals surface area contributed by atoms with E-state index >= 15 is 0 Å². The van der Waals surface area contributed by atoms with Crippen LogP contribution in [0.1, 0.15) is 25.1 Å². The minimum Gasteiger partial charge on any atom is -0.379 e. The maximum absolute atomic E-state index is 13.1. The predicted octanol–water partition coefficient (Wildman–Crippen LogP) is 3.90. The third kappa shape index (κ3) is 3.28. The van der Waals surface area contributed by atoms with Crippen LogP contribution in [0, 0.1) is 6.92 Å². The van der Waals surface area contributed by atoms with Gasteiger partial charge >= 0.3 is 0 Å². The Labute approximate surface area is 161 Å². The molecule has 0 N–H and O–H groups in total. The van der Waals surface area contributed by atoms with Gasteiger partial charge in [-0.25, -0.2) is 0 Å². The van der Waals surface area contributed by atoms with E-state index in [1.807, 2.05) is 42.5 Å². The minimum absolute atomic E-state index is 0.0380. The van der Waals surface area contributed by atoms with Crippen molar-refractivity contribution in [1.82, 2.24) is 19.2 Å². The van der Waals surface area contributed by atoms with E-state index in [0.717, 1.165) is 22.6 Å². The number of aromatic nitrogens is 4. The van der Waals surface area contributed by atoms with Gasteiger partial charge in [-0.3, -0.25) is 13.8 Å². The second-order valence-electron chi connectivity index (χ2n) is 6.82. The van der Waals surface area contributed by atoms with E-state index < -0.39 is 0 Å². The van der Waals surface area contributed by atoms with Crippen LogP contribution in [0.25, 0.3) is 27.4 Å². The zero-order valence-electron chi connectivity index (χ0n) is 15.7. The van der Waals surface area contributed by atoms with Gasteiger partial charge in [0.05, 0.1) is 21.9 Å². The summed E-state index contributed by atoms with van der Waals surface area (Å²) in [5, 5.41) is 9.46. The summed E-state index contributed by atoms with van der Waals surface area (Å²) in [5.74, 6) is 1.34. The number of hydrogen-bond donors (Lipinski definition) is 0. The maximum Gasteiger partial charge on any atom is 0.262 e. The molecule has 1 aromatic carbocycles. The first kappa shape index (κ1) is 17.9. The van der Waals surface area contributed by atoms with Crippen LogP contribution in [0.3, 0.4) is 0 Å². The fourth-order valence-electron chi connectivity index (χ4n) is 3.22. The standard InChI is InChI=1S/C20H22N4O2S/c1-13(2)26-12-6-11-23-19(25)15-7-4-5-8-16(15)24-18(21-22-20(23)24)17-10-9-14(3)27-17/h4-5,7-10,13H,6,11-12H2,1-3H3. The minimum atomic E-state index is -0.0380. The highest BCUT2D eigenvalue weighted by atomic mass is 32.1. The summed E-state index contributed by atoms with van der Waals surface area (Å²) in [6.45, 7) is 7.23. The quantitative estimate of drug-likeness (QED) is 0.475. The normalized spacial score (nSPS) is 11.9. The molecule has 4 rings (SSSR count). The molecule has 0 amide bonds. The first-order valence-corrected chi connectivity index (χ1v) is 9.93. The van der Waals surface area contributed by atoms with E-state index in [0.29, 0.717) is 24.3 Å². The predicted molar refractivity (Wildman–Crippen MR) is 109 cm³/mol. The molecule has 0 unspecified atom stereocenters. The van der Waals surface area contributed by atoms with Crippen molar-refractivity contribution in [3.63, 3.8) is 0 Å². The van der Waals surface area contributed by atoms with Crippen LogP contribution in [0.15, 0.2) is 41.2 Å². The van der Waals surface area contributed by atoms with Gasteiger partial charge in [0.15, 0.2) is 5.82 Å². The summed E-state index contributed by atoms with van der Waals surface area (Å²) in [5.41, 5.74) is 0.794. The Balaban J connectivity index is 1.88. The molecule has 4 aromatic rings. The number of ether oxygens (including phenoxy) is 1. The van der Waals surface area contributed by atoms with Gasteiger partial charge in [-0.1, -0.05) is 12.1 Å². The van der Waals surface area contributed by atoms with Crippen LogP contribution >= 0.6 is 11.3 Å². The third-order valence-corrected chi connectivity index (χ3v) is 5.44. The molecule has 0 atom stereocenters. The molecule has 0 aliphatic rings. The van der Waals surface area contributed by atoms with Crippen molar-refractivity contribution >= 4 is 28.0 Å². The van der Waals surface area contributed by atoms with Crippen molar-refractivity contribution in [2.24, 2.45) is 0 Å². The number of benzene rings is 1. The first-order chi connectivity index (χ1) is 13.1. The van der Waals surface area contributed by atoms with E-state index in [9.17, 15) is 4.79 Å². The summed E-state index contributed by atoms with van der Waals surface area (Å²) in [6, 6.07) is 11.8. The van der Waals surface area contributed by atoms with Crippen molar-refractivity contribution < 1.29 is 4.74 Å². The second-order valence-corrected chi connectivity index (χ2v) is 8.10. The first-order valence-electron chi connectivity index (χ1n) is 9.11. The smallest absolute Gasteiger partial charge is 0.262 e. The fraction of sp³-hybridized carbons (Fsp3) is 0.350. The lowest BCUT2D eigenvalue weighted by molar-refractivity contribution is 0.0748. The van der Waals surface area contributed by atoms with Crippen molar-refractivity contribution in [2.45, 2.75) is 39.8 Å². The van der Waals surface area contributed by atoms with Gasteiger partial charge in [-0.2, -0.15) is 0 Å². The molecule has 0 aliphatic carbocycles. The monoisotopic (exact) mass is 382 g/mol. The van der Waals surface area contributed by atoms with Crippen molar-refractivity contribution in [3.8, 4) is 10.7 Å². The molecular formula is C20H22N4O2S. The number of nitrogens with zero attached hydrogens (tertiary/aromatic N) is 4. The van der Waals surface area contributed by atoms with Gasteiger partial charge in [0.1, 0.15) is 0 Å². The van der Waals surface area contributed by atoms with Gasteiger partial charge in [0, 0.05) is 18.0 Å². The third-order valence-electron chi connectivity index (χ3n) is 4.45.